The van der Waals surface area contributed by atoms with Gasteiger partial charge in [0.15, 0.2) is 11.8 Å². The minimum atomic E-state index is -4.96. The lowest BCUT2D eigenvalue weighted by molar-refractivity contribution is -0.0546. The topological polar surface area (TPSA) is 213 Å². The van der Waals surface area contributed by atoms with Gasteiger partial charge in [0.05, 0.1) is 13.2 Å². The maximum atomic E-state index is 13.1. The number of hydrogen-bond acceptors (Lipinski definition) is 11. The zero-order chi connectivity index (χ0) is 25.5. The maximum absolute atomic E-state index is 13.1. The molecule has 0 amide bonds. The first kappa shape index (κ1) is 25.5. The smallest absolute Gasteiger partial charge is 0.387 e. The zero-order valence-electron chi connectivity index (χ0n) is 17.9. The van der Waals surface area contributed by atoms with Crippen LogP contribution in [0.1, 0.15) is 17.5 Å². The van der Waals surface area contributed by atoms with E-state index in [2.05, 4.69) is 14.0 Å². The zero-order valence-corrected chi connectivity index (χ0v) is 19.7. The molecule has 15 nitrogen and oxygen atoms in total. The van der Waals surface area contributed by atoms with Crippen LogP contribution >= 0.6 is 16.1 Å². The number of rotatable bonds is 8. The first-order chi connectivity index (χ1) is 16.5. The average Bonchev–Trinajstić information content (AvgIpc) is 3.29. The largest absolute Gasteiger partial charge is 0.705 e. The van der Waals surface area contributed by atoms with Crippen LogP contribution in [0.3, 0.4) is 0 Å². The Morgan fingerprint density at radius 2 is 1.97 bits per heavy atom. The molecule has 3 unspecified atom stereocenters. The number of aliphatic hydroxyl groups excluding tert-OH is 2. The molecule has 4 N–H and O–H groups in total. The van der Waals surface area contributed by atoms with Gasteiger partial charge in [-0.1, -0.05) is 16.8 Å². The average molecular weight is 532 g/mol. The van der Waals surface area contributed by atoms with Gasteiger partial charge in [0, 0.05) is 22.2 Å². The van der Waals surface area contributed by atoms with Crippen molar-refractivity contribution in [1.82, 2.24) is 14.3 Å². The number of aryl methyl sites for hydroxylation is 1. The summed E-state index contributed by atoms with van der Waals surface area (Å²) in [5.74, 6) is 0. The van der Waals surface area contributed by atoms with Crippen LogP contribution in [0.15, 0.2) is 44.6 Å². The minimum Gasteiger partial charge on any atom is -0.387 e. The van der Waals surface area contributed by atoms with Crippen LogP contribution in [0.25, 0.3) is 11.0 Å². The SMILES string of the molecule is Cc1ccc2onc(Cn3c(=O)ccn([C@@H]4O[C@H](COP(=O)(O)O[P+](=O)O)C(O)[C@@H]4O)c3=O)c2c1. The molecule has 4 rings (SSSR count). The van der Waals surface area contributed by atoms with Gasteiger partial charge < -0.3 is 19.5 Å². The highest BCUT2D eigenvalue weighted by Crippen LogP contribution is 2.51. The van der Waals surface area contributed by atoms with Gasteiger partial charge in [-0.3, -0.25) is 23.3 Å². The Morgan fingerprint density at radius 1 is 1.23 bits per heavy atom. The summed E-state index contributed by atoms with van der Waals surface area (Å²) in [5, 5.41) is 25.2. The van der Waals surface area contributed by atoms with Crippen LogP contribution in [0.2, 0.25) is 0 Å². The lowest BCUT2D eigenvalue weighted by Gasteiger charge is -2.18. The molecule has 2 aromatic heterocycles. The Kier molecular flexibility index (Phi) is 7.16. The fourth-order valence-electron chi connectivity index (χ4n) is 3.61. The number of fused-ring (bicyclic) bond motifs is 1. The number of aromatic nitrogens is 3. The maximum Gasteiger partial charge on any atom is 0.705 e. The Labute approximate surface area is 196 Å². The fourth-order valence-corrected chi connectivity index (χ4v) is 4.84. The van der Waals surface area contributed by atoms with Crippen LogP contribution in [-0.4, -0.2) is 59.2 Å². The van der Waals surface area contributed by atoms with Gasteiger partial charge in [-0.25, -0.2) is 9.36 Å². The van der Waals surface area contributed by atoms with Gasteiger partial charge in [-0.2, -0.15) is 0 Å². The fraction of sp³-hybridized carbons (Fsp3) is 0.389. The van der Waals surface area contributed by atoms with E-state index in [0.717, 1.165) is 27.0 Å². The van der Waals surface area contributed by atoms with Gasteiger partial charge in [-0.05, 0) is 23.4 Å². The third-order valence-electron chi connectivity index (χ3n) is 5.29. The lowest BCUT2D eigenvalue weighted by Crippen LogP contribution is -2.43. The van der Waals surface area contributed by atoms with Crippen LogP contribution in [0, 0.1) is 6.92 Å². The molecule has 35 heavy (non-hydrogen) atoms. The van der Waals surface area contributed by atoms with Crippen molar-refractivity contribution in [3.8, 4) is 0 Å². The summed E-state index contributed by atoms with van der Waals surface area (Å²) in [7, 11) is -8.41. The predicted octanol–water partition coefficient (Wildman–Crippen LogP) is -0.0896. The van der Waals surface area contributed by atoms with E-state index in [-0.39, 0.29) is 6.54 Å². The van der Waals surface area contributed by atoms with E-state index in [9.17, 15) is 33.8 Å². The molecule has 1 aliphatic rings. The molecular formula is C18H20N3O12P2+. The second-order valence-electron chi connectivity index (χ2n) is 7.69. The summed E-state index contributed by atoms with van der Waals surface area (Å²) in [6, 6.07) is 6.35. The molecule has 3 heterocycles. The molecule has 1 saturated heterocycles. The number of nitrogens with zero attached hydrogens (tertiary/aromatic N) is 3. The highest BCUT2D eigenvalue weighted by atomic mass is 31.2. The van der Waals surface area contributed by atoms with Crippen molar-refractivity contribution >= 4 is 27.0 Å². The molecule has 1 aromatic carbocycles. The molecule has 0 bridgehead atoms. The van der Waals surface area contributed by atoms with Gasteiger partial charge in [0.2, 0.25) is 0 Å². The van der Waals surface area contributed by atoms with Crippen LogP contribution in [0.5, 0.6) is 0 Å². The number of phosphoric ester groups is 1. The predicted molar refractivity (Wildman–Crippen MR) is 115 cm³/mol. The summed E-state index contributed by atoms with van der Waals surface area (Å²) < 4.78 is 42.9. The first-order valence-corrected chi connectivity index (χ1v) is 12.6. The molecule has 0 radical (unpaired) electrons. The third kappa shape index (κ3) is 5.33. The molecule has 0 spiro atoms. The molecular weight excluding hydrogens is 512 g/mol. The van der Waals surface area contributed by atoms with E-state index in [0.29, 0.717) is 16.7 Å². The van der Waals surface area contributed by atoms with Gasteiger partial charge in [0.25, 0.3) is 5.56 Å². The summed E-state index contributed by atoms with van der Waals surface area (Å²) in [6.07, 6.45) is -5.24. The van der Waals surface area contributed by atoms with E-state index in [4.69, 9.17) is 14.2 Å². The Bertz CT molecular complexity index is 1430. The summed E-state index contributed by atoms with van der Waals surface area (Å²) in [5.41, 5.74) is 0.132. The summed E-state index contributed by atoms with van der Waals surface area (Å²) in [4.78, 5) is 43.5. The molecule has 1 aliphatic heterocycles. The minimum absolute atomic E-state index is 0.253. The Balaban J connectivity index is 1.58. The van der Waals surface area contributed by atoms with E-state index < -0.39 is 58.5 Å². The molecule has 1 fully saturated rings. The number of hydrogen-bond donors (Lipinski definition) is 4. The van der Waals surface area contributed by atoms with Crippen molar-refractivity contribution in [3.63, 3.8) is 0 Å². The lowest BCUT2D eigenvalue weighted by atomic mass is 10.1. The van der Waals surface area contributed by atoms with Crippen molar-refractivity contribution in [2.75, 3.05) is 6.61 Å². The van der Waals surface area contributed by atoms with Crippen molar-refractivity contribution in [3.05, 3.63) is 62.6 Å². The van der Waals surface area contributed by atoms with Crippen molar-refractivity contribution in [2.24, 2.45) is 0 Å². The van der Waals surface area contributed by atoms with Crippen LogP contribution in [-0.2, 0) is 29.2 Å². The van der Waals surface area contributed by atoms with Crippen molar-refractivity contribution < 1.29 is 47.2 Å². The van der Waals surface area contributed by atoms with Gasteiger partial charge >= 0.3 is 21.8 Å². The van der Waals surface area contributed by atoms with E-state index in [1.54, 1.807) is 12.1 Å². The third-order valence-corrected chi connectivity index (χ3v) is 7.15. The Hall–Kier alpha value is -2.58. The molecule has 6 atom stereocenters. The monoisotopic (exact) mass is 532 g/mol. The van der Waals surface area contributed by atoms with Crippen LogP contribution in [0.4, 0.5) is 0 Å². The van der Waals surface area contributed by atoms with Crippen molar-refractivity contribution in [1.29, 1.82) is 0 Å². The molecule has 188 valence electrons. The number of aliphatic hydroxyl groups is 2. The first-order valence-electron chi connectivity index (χ1n) is 9.98. The number of benzene rings is 1. The second kappa shape index (κ2) is 9.82. The summed E-state index contributed by atoms with van der Waals surface area (Å²) in [6.45, 7) is 0.773. The quantitative estimate of drug-likeness (QED) is 0.280. The highest BCUT2D eigenvalue weighted by Gasteiger charge is 2.46. The Morgan fingerprint density at radius 3 is 2.69 bits per heavy atom. The van der Waals surface area contributed by atoms with E-state index in [1.807, 2.05) is 13.0 Å². The van der Waals surface area contributed by atoms with Crippen LogP contribution < -0.4 is 11.2 Å². The highest BCUT2D eigenvalue weighted by molar-refractivity contribution is 7.55. The standard InChI is InChI=1S/C18H19N3O12P2/c1-9-2-3-12-10(6-9)11(19-32-12)7-21-14(22)4-5-20(18(21)25)17-16(24)15(23)13(31-17)8-30-35(28,29)33-34(26)27/h2-6,13,15-17,23-24H,7-8H2,1H3,(H-,26,27,28,29)/p+1/t13-,15?,16+,17-/m1/s1. The molecule has 0 saturated carbocycles. The van der Waals surface area contributed by atoms with E-state index >= 15 is 0 Å². The number of phosphoric acid groups is 1. The van der Waals surface area contributed by atoms with Crippen molar-refractivity contribution in [2.45, 2.75) is 38.0 Å². The molecule has 3 aromatic rings. The van der Waals surface area contributed by atoms with Gasteiger partial charge in [0.1, 0.15) is 24.0 Å². The normalized spacial score (nSPS) is 24.5. The second-order valence-corrected chi connectivity index (χ2v) is 10.0. The van der Waals surface area contributed by atoms with Gasteiger partial charge in [-0.15, -0.1) is 4.89 Å². The molecule has 17 heteroatoms. The number of ether oxygens (including phenoxy) is 1. The van der Waals surface area contributed by atoms with E-state index in [1.165, 1.54) is 0 Å². The molecule has 0 aliphatic carbocycles. The summed E-state index contributed by atoms with van der Waals surface area (Å²) >= 11 is 0.